The molecule has 4 nitrogen and oxygen atoms in total. The number of benzene rings is 3. The van der Waals surface area contributed by atoms with Crippen molar-refractivity contribution >= 4 is 46.0 Å². The zero-order valence-electron chi connectivity index (χ0n) is 20.8. The third-order valence-corrected chi connectivity index (χ3v) is 9.51. The number of ether oxygens (including phenoxy) is 1. The molecule has 3 aromatic carbocycles. The summed E-state index contributed by atoms with van der Waals surface area (Å²) in [5.74, 6) is 0.700. The Labute approximate surface area is 238 Å². The molecule has 0 saturated carbocycles. The zero-order chi connectivity index (χ0) is 26.3. The number of thiazole rings is 1. The Morgan fingerprint density at radius 3 is 2.67 bits per heavy atom. The fourth-order valence-electron chi connectivity index (χ4n) is 5.36. The van der Waals surface area contributed by atoms with E-state index in [0.717, 1.165) is 39.3 Å². The molecule has 0 unspecified atom stereocenters. The number of thiophene rings is 1. The molecule has 0 bridgehead atoms. The smallest absolute Gasteiger partial charge is 0.271 e. The van der Waals surface area contributed by atoms with Gasteiger partial charge in [-0.05, 0) is 53.6 Å². The number of allylic oxidation sites excluding steroid dienone is 1. The second kappa shape index (κ2) is 10.1. The first-order valence-corrected chi connectivity index (χ1v) is 14.9. The highest BCUT2D eigenvalue weighted by molar-refractivity contribution is 7.10. The van der Waals surface area contributed by atoms with E-state index in [9.17, 15) is 4.79 Å². The molecule has 0 amide bonds. The Morgan fingerprint density at radius 2 is 1.79 bits per heavy atom. The van der Waals surface area contributed by atoms with Gasteiger partial charge in [-0.3, -0.25) is 9.36 Å². The average molecular weight is 567 g/mol. The van der Waals surface area contributed by atoms with Crippen LogP contribution in [0.5, 0.6) is 5.75 Å². The molecule has 7 rings (SSSR count). The van der Waals surface area contributed by atoms with E-state index >= 15 is 0 Å². The van der Waals surface area contributed by atoms with Crippen LogP contribution in [0.4, 0.5) is 0 Å². The second-order valence-corrected chi connectivity index (χ2v) is 11.9. The molecule has 1 aliphatic heterocycles. The predicted octanol–water partition coefficient (Wildman–Crippen LogP) is 6.61. The highest BCUT2D eigenvalue weighted by atomic mass is 35.5. The first-order valence-electron chi connectivity index (χ1n) is 12.8. The molecule has 5 aromatic rings. The van der Waals surface area contributed by atoms with E-state index in [1.807, 2.05) is 59.2 Å². The highest BCUT2D eigenvalue weighted by Crippen LogP contribution is 2.42. The van der Waals surface area contributed by atoms with E-state index in [1.54, 1.807) is 11.3 Å². The van der Waals surface area contributed by atoms with E-state index < -0.39 is 0 Å². The summed E-state index contributed by atoms with van der Waals surface area (Å²) in [7, 11) is 0. The van der Waals surface area contributed by atoms with Crippen molar-refractivity contribution in [3.05, 3.63) is 148 Å². The van der Waals surface area contributed by atoms with Crippen LogP contribution >= 0.6 is 34.3 Å². The molecule has 2 aliphatic rings. The number of aryl methyl sites for hydroxylation is 1. The van der Waals surface area contributed by atoms with E-state index in [-0.39, 0.29) is 11.6 Å². The molecule has 39 heavy (non-hydrogen) atoms. The van der Waals surface area contributed by atoms with E-state index in [2.05, 4.69) is 41.8 Å². The number of nitrogens with zero attached hydrogens (tertiary/aromatic N) is 2. The molecule has 0 fully saturated rings. The fourth-order valence-corrected chi connectivity index (χ4v) is 7.39. The minimum absolute atomic E-state index is 0.0246. The summed E-state index contributed by atoms with van der Waals surface area (Å²) in [6.45, 7) is 0.344. The lowest BCUT2D eigenvalue weighted by molar-refractivity contribution is 0.305. The van der Waals surface area contributed by atoms with Crippen molar-refractivity contribution in [3.63, 3.8) is 0 Å². The van der Waals surface area contributed by atoms with Crippen molar-refractivity contribution in [2.24, 2.45) is 4.99 Å². The third-order valence-electron chi connectivity index (χ3n) is 7.23. The fraction of sp³-hybridized carbons (Fsp3) is 0.125. The van der Waals surface area contributed by atoms with E-state index in [0.29, 0.717) is 21.9 Å². The van der Waals surface area contributed by atoms with Gasteiger partial charge in [-0.15, -0.1) is 11.3 Å². The molecule has 2 aromatic heterocycles. The van der Waals surface area contributed by atoms with Crippen LogP contribution in [0.1, 0.15) is 39.6 Å². The molecule has 0 radical (unpaired) electrons. The maximum absolute atomic E-state index is 14.0. The molecule has 7 heteroatoms. The quantitative estimate of drug-likeness (QED) is 0.240. The average Bonchev–Trinajstić information content (AvgIpc) is 3.60. The number of halogens is 1. The van der Waals surface area contributed by atoms with Crippen molar-refractivity contribution in [2.45, 2.75) is 25.5 Å². The first kappa shape index (κ1) is 24.3. The van der Waals surface area contributed by atoms with Gasteiger partial charge in [-0.1, -0.05) is 89.7 Å². The van der Waals surface area contributed by atoms with Crippen LogP contribution in [-0.4, -0.2) is 4.57 Å². The summed E-state index contributed by atoms with van der Waals surface area (Å²) in [6.07, 6.45) is 3.77. The SMILES string of the molecule is O=c1/c(=C\c2ccccc2OCc2ccccc2Cl)sc2n1[C@H](c1cccs1)C1=C(N=2)c2ccccc2CC1. The number of para-hydroxylation sites is 1. The normalized spacial score (nSPS) is 16.3. The predicted molar refractivity (Wildman–Crippen MR) is 159 cm³/mol. The summed E-state index contributed by atoms with van der Waals surface area (Å²) in [6, 6.07) is 28.0. The summed E-state index contributed by atoms with van der Waals surface area (Å²) in [4.78, 5) is 21.0. The maximum atomic E-state index is 14.0. The van der Waals surface area contributed by atoms with Crippen LogP contribution in [0.15, 0.2) is 106 Å². The summed E-state index contributed by atoms with van der Waals surface area (Å²) in [5, 5.41) is 2.75. The van der Waals surface area contributed by atoms with Crippen LogP contribution in [0.3, 0.4) is 0 Å². The lowest BCUT2D eigenvalue weighted by Crippen LogP contribution is -2.38. The Morgan fingerprint density at radius 1 is 0.974 bits per heavy atom. The Kier molecular flexibility index (Phi) is 6.31. The lowest BCUT2D eigenvalue weighted by atomic mass is 9.85. The van der Waals surface area contributed by atoms with E-state index in [1.165, 1.54) is 28.0 Å². The molecule has 3 heterocycles. The van der Waals surface area contributed by atoms with Crippen LogP contribution in [0.2, 0.25) is 5.02 Å². The van der Waals surface area contributed by atoms with Gasteiger partial charge in [0.1, 0.15) is 12.4 Å². The number of hydrogen-bond acceptors (Lipinski definition) is 5. The van der Waals surface area contributed by atoms with Gasteiger partial charge in [-0.2, -0.15) is 0 Å². The van der Waals surface area contributed by atoms with Gasteiger partial charge in [0.05, 0.1) is 16.3 Å². The molecule has 0 N–H and O–H groups in total. The molecule has 0 saturated heterocycles. The van der Waals surface area contributed by atoms with Crippen LogP contribution < -0.4 is 19.6 Å². The van der Waals surface area contributed by atoms with E-state index in [4.69, 9.17) is 21.3 Å². The van der Waals surface area contributed by atoms with Gasteiger partial charge in [-0.25, -0.2) is 4.99 Å². The number of fused-ring (bicyclic) bond motifs is 3. The van der Waals surface area contributed by atoms with Crippen molar-refractivity contribution in [1.29, 1.82) is 0 Å². The van der Waals surface area contributed by atoms with Gasteiger partial charge in [0.15, 0.2) is 4.80 Å². The molecular weight excluding hydrogens is 544 g/mol. The Balaban J connectivity index is 1.35. The van der Waals surface area contributed by atoms with Crippen LogP contribution in [0, 0.1) is 0 Å². The monoisotopic (exact) mass is 566 g/mol. The summed E-state index contributed by atoms with van der Waals surface area (Å²) >= 11 is 9.46. The van der Waals surface area contributed by atoms with Gasteiger partial charge in [0.25, 0.3) is 5.56 Å². The van der Waals surface area contributed by atoms with Crippen molar-refractivity contribution in [1.82, 2.24) is 4.57 Å². The Hall–Kier alpha value is -3.71. The molecule has 0 spiro atoms. The maximum Gasteiger partial charge on any atom is 0.271 e. The lowest BCUT2D eigenvalue weighted by Gasteiger charge is -2.30. The van der Waals surface area contributed by atoms with Gasteiger partial charge < -0.3 is 4.74 Å². The van der Waals surface area contributed by atoms with Crippen molar-refractivity contribution in [3.8, 4) is 5.75 Å². The van der Waals surface area contributed by atoms with Crippen molar-refractivity contribution < 1.29 is 4.74 Å². The number of hydrogen-bond donors (Lipinski definition) is 0. The van der Waals surface area contributed by atoms with Crippen LogP contribution in [0.25, 0.3) is 11.8 Å². The second-order valence-electron chi connectivity index (χ2n) is 9.55. The van der Waals surface area contributed by atoms with Crippen molar-refractivity contribution in [2.75, 3.05) is 0 Å². The topological polar surface area (TPSA) is 43.6 Å². The first-order chi connectivity index (χ1) is 19.2. The minimum Gasteiger partial charge on any atom is -0.488 e. The molecular formula is C32H23ClN2O2S2. The van der Waals surface area contributed by atoms with Crippen LogP contribution in [-0.2, 0) is 13.0 Å². The zero-order valence-corrected chi connectivity index (χ0v) is 23.2. The number of rotatable bonds is 5. The highest BCUT2D eigenvalue weighted by Gasteiger charge is 2.33. The standard InChI is InChI=1S/C32H23ClN2O2S2/c33-25-12-5-2-10-22(25)19-37-26-13-6-3-9-21(26)18-28-31(36)35-30(27-14-7-17-38-27)24-16-15-20-8-1-4-11-23(20)29(24)34-32(35)39-28/h1-14,17-18,30H,15-16,19H2/b28-18+/t30-/m0/s1. The molecule has 192 valence electrons. The summed E-state index contributed by atoms with van der Waals surface area (Å²) in [5.41, 5.74) is 6.46. The van der Waals surface area contributed by atoms with Gasteiger partial charge in [0.2, 0.25) is 0 Å². The molecule has 1 aliphatic carbocycles. The summed E-state index contributed by atoms with van der Waals surface area (Å²) < 4.78 is 8.69. The number of aromatic nitrogens is 1. The Bertz CT molecular complexity index is 1920. The minimum atomic E-state index is -0.140. The van der Waals surface area contributed by atoms with Gasteiger partial charge in [0, 0.05) is 26.6 Å². The third kappa shape index (κ3) is 4.39. The molecule has 1 atom stereocenters. The largest absolute Gasteiger partial charge is 0.488 e. The van der Waals surface area contributed by atoms with Gasteiger partial charge >= 0.3 is 0 Å².